The average Bonchev–Trinajstić information content (AvgIpc) is 2.46. The van der Waals surface area contributed by atoms with E-state index in [4.69, 9.17) is 4.74 Å². The number of carbonyl (C=O) groups is 1. The van der Waals surface area contributed by atoms with Crippen LogP contribution in [0.3, 0.4) is 0 Å². The Hall–Kier alpha value is -1.62. The quantitative estimate of drug-likeness (QED) is 0.802. The van der Waals surface area contributed by atoms with Crippen LogP contribution in [0.2, 0.25) is 0 Å². The predicted molar refractivity (Wildman–Crippen MR) is 84.9 cm³/mol. The monoisotopic (exact) mass is 322 g/mol. The number of rotatable bonds is 3. The fourth-order valence-electron chi connectivity index (χ4n) is 3.08. The van der Waals surface area contributed by atoms with Crippen LogP contribution in [0.15, 0.2) is 40.1 Å². The van der Waals surface area contributed by atoms with E-state index in [2.05, 4.69) is 0 Å². The molecule has 0 unspecified atom stereocenters. The molecule has 120 valence electrons. The maximum absolute atomic E-state index is 12.8. The van der Waals surface area contributed by atoms with E-state index >= 15 is 0 Å². The molecule has 0 N–H and O–H groups in total. The summed E-state index contributed by atoms with van der Waals surface area (Å²) in [7, 11) is -2.13. The third kappa shape index (κ3) is 3.09. The van der Waals surface area contributed by atoms with E-state index in [1.165, 1.54) is 7.11 Å². The van der Waals surface area contributed by atoms with Crippen molar-refractivity contribution in [1.29, 1.82) is 0 Å². The molecule has 1 aromatic rings. The summed E-state index contributed by atoms with van der Waals surface area (Å²) in [5.41, 5.74) is 1.02. The molecule has 0 saturated heterocycles. The number of allylic oxidation sites excluding steroid dienone is 2. The zero-order chi connectivity index (χ0) is 16.5. The summed E-state index contributed by atoms with van der Waals surface area (Å²) in [5.74, 6) is -0.793. The van der Waals surface area contributed by atoms with Gasteiger partial charge in [-0.2, -0.15) is 0 Å². The van der Waals surface area contributed by atoms with Gasteiger partial charge in [0.1, 0.15) is 0 Å². The summed E-state index contributed by atoms with van der Waals surface area (Å²) in [6.45, 7) is 5.68. The van der Waals surface area contributed by atoms with E-state index in [0.717, 1.165) is 5.56 Å². The minimum absolute atomic E-state index is 0.0670. The van der Waals surface area contributed by atoms with E-state index in [1.54, 1.807) is 30.3 Å². The number of esters is 1. The zero-order valence-electron chi connectivity index (χ0n) is 13.4. The molecule has 1 aromatic carbocycles. The highest BCUT2D eigenvalue weighted by atomic mass is 32.2. The highest BCUT2D eigenvalue weighted by Crippen LogP contribution is 2.38. The average molecular weight is 322 g/mol. The van der Waals surface area contributed by atoms with Gasteiger partial charge in [0.25, 0.3) is 0 Å². The first kappa shape index (κ1) is 16.7. The number of aryl methyl sites for hydroxylation is 1. The van der Waals surface area contributed by atoms with Crippen molar-refractivity contribution in [1.82, 2.24) is 0 Å². The smallest absolute Gasteiger partial charge is 0.309 e. The maximum atomic E-state index is 12.8. The molecule has 0 aliphatic heterocycles. The van der Waals surface area contributed by atoms with Gasteiger partial charge in [-0.1, -0.05) is 37.6 Å². The molecule has 4 nitrogen and oxygen atoms in total. The first-order chi connectivity index (χ1) is 10.3. The predicted octanol–water partition coefficient (Wildman–Crippen LogP) is 3.12. The van der Waals surface area contributed by atoms with E-state index in [0.29, 0.717) is 16.2 Å². The van der Waals surface area contributed by atoms with Crippen LogP contribution in [0.4, 0.5) is 0 Å². The minimum atomic E-state index is -3.49. The molecule has 22 heavy (non-hydrogen) atoms. The second-order valence-electron chi connectivity index (χ2n) is 6.04. The summed E-state index contributed by atoms with van der Waals surface area (Å²) < 4.78 is 30.3. The molecule has 0 amide bonds. The van der Waals surface area contributed by atoms with Crippen LogP contribution in [0.1, 0.15) is 25.8 Å². The number of hydrogen-bond acceptors (Lipinski definition) is 4. The van der Waals surface area contributed by atoms with Crippen LogP contribution in [0, 0.1) is 24.7 Å². The van der Waals surface area contributed by atoms with Gasteiger partial charge in [0.2, 0.25) is 9.84 Å². The lowest BCUT2D eigenvalue weighted by atomic mass is 9.77. The third-order valence-electron chi connectivity index (χ3n) is 4.30. The Bertz CT molecular complexity index is 686. The second kappa shape index (κ2) is 6.24. The molecule has 5 heteroatoms. The van der Waals surface area contributed by atoms with Crippen molar-refractivity contribution in [3.8, 4) is 0 Å². The first-order valence-corrected chi connectivity index (χ1v) is 8.86. The summed E-state index contributed by atoms with van der Waals surface area (Å²) >= 11 is 0. The highest BCUT2D eigenvalue weighted by Gasteiger charge is 2.37. The summed E-state index contributed by atoms with van der Waals surface area (Å²) in [6.07, 6.45) is 2.07. The van der Waals surface area contributed by atoms with Crippen molar-refractivity contribution in [2.24, 2.45) is 17.8 Å². The Morgan fingerprint density at radius 2 is 1.77 bits per heavy atom. The Balaban J connectivity index is 2.37. The number of methoxy groups -OCH3 is 1. The number of benzene rings is 1. The van der Waals surface area contributed by atoms with Gasteiger partial charge in [-0.15, -0.1) is 0 Å². The van der Waals surface area contributed by atoms with Gasteiger partial charge >= 0.3 is 5.97 Å². The topological polar surface area (TPSA) is 60.4 Å². The van der Waals surface area contributed by atoms with Crippen molar-refractivity contribution >= 4 is 15.8 Å². The molecule has 2 rings (SSSR count). The van der Waals surface area contributed by atoms with Gasteiger partial charge in [0.05, 0.1) is 17.9 Å². The Kier molecular flexibility index (Phi) is 4.75. The van der Waals surface area contributed by atoms with Crippen LogP contribution in [0.25, 0.3) is 0 Å². The Morgan fingerprint density at radius 3 is 2.27 bits per heavy atom. The Labute approximate surface area is 132 Å². The standard InChI is InChI=1S/C17H22O4S/c1-11-5-7-14(8-6-11)22(19,20)15-9-12(2)16(13(3)10-15)17(18)21-4/h5-9,12-13,16H,10H2,1-4H3/t12-,13-,16-/m1/s1. The molecule has 0 aromatic heterocycles. The molecule has 0 spiro atoms. The summed E-state index contributed by atoms with van der Waals surface area (Å²) in [4.78, 5) is 12.6. The van der Waals surface area contributed by atoms with Gasteiger partial charge in [-0.05, 0) is 37.3 Å². The third-order valence-corrected chi connectivity index (χ3v) is 6.19. The van der Waals surface area contributed by atoms with Crippen LogP contribution in [-0.2, 0) is 19.4 Å². The maximum Gasteiger partial charge on any atom is 0.309 e. The lowest BCUT2D eigenvalue weighted by Gasteiger charge is -2.31. The van der Waals surface area contributed by atoms with Gasteiger partial charge in [-0.3, -0.25) is 4.79 Å². The number of sulfone groups is 1. The van der Waals surface area contributed by atoms with Crippen LogP contribution in [-0.4, -0.2) is 21.5 Å². The van der Waals surface area contributed by atoms with Crippen LogP contribution in [0.5, 0.6) is 0 Å². The van der Waals surface area contributed by atoms with Crippen molar-refractivity contribution in [3.63, 3.8) is 0 Å². The van der Waals surface area contributed by atoms with Gasteiger partial charge in [-0.25, -0.2) is 8.42 Å². The van der Waals surface area contributed by atoms with Crippen molar-refractivity contribution in [3.05, 3.63) is 40.8 Å². The van der Waals surface area contributed by atoms with Gasteiger partial charge in [0.15, 0.2) is 0 Å². The molecule has 0 fully saturated rings. The second-order valence-corrected chi connectivity index (χ2v) is 8.04. The number of carbonyl (C=O) groups excluding carboxylic acids is 1. The molecule has 1 aliphatic carbocycles. The lowest BCUT2D eigenvalue weighted by molar-refractivity contribution is -0.148. The normalized spacial score (nSPS) is 25.5. The molecule has 0 radical (unpaired) electrons. The minimum Gasteiger partial charge on any atom is -0.469 e. The fourth-order valence-corrected chi connectivity index (χ4v) is 4.75. The molecule has 3 atom stereocenters. The van der Waals surface area contributed by atoms with E-state index in [-0.39, 0.29) is 23.7 Å². The van der Waals surface area contributed by atoms with Crippen molar-refractivity contribution < 1.29 is 17.9 Å². The molecule has 0 heterocycles. The molecule has 0 bridgehead atoms. The van der Waals surface area contributed by atoms with E-state index in [1.807, 2.05) is 20.8 Å². The molecular formula is C17H22O4S. The number of ether oxygens (including phenoxy) is 1. The SMILES string of the molecule is COC(=O)[C@@H]1[C@H](C)C=C(S(=O)(=O)c2ccc(C)cc2)C[C@H]1C. The Morgan fingerprint density at radius 1 is 1.18 bits per heavy atom. The van der Waals surface area contributed by atoms with E-state index in [9.17, 15) is 13.2 Å². The molecule has 1 aliphatic rings. The summed E-state index contributed by atoms with van der Waals surface area (Å²) in [5, 5.41) is 0. The number of hydrogen-bond donors (Lipinski definition) is 0. The van der Waals surface area contributed by atoms with Crippen LogP contribution < -0.4 is 0 Å². The molecule has 0 saturated carbocycles. The lowest BCUT2D eigenvalue weighted by Crippen LogP contribution is -2.33. The zero-order valence-corrected chi connectivity index (χ0v) is 14.2. The van der Waals surface area contributed by atoms with Crippen molar-refractivity contribution in [2.75, 3.05) is 7.11 Å². The highest BCUT2D eigenvalue weighted by molar-refractivity contribution is 7.95. The summed E-state index contributed by atoms with van der Waals surface area (Å²) in [6, 6.07) is 6.85. The van der Waals surface area contributed by atoms with Gasteiger partial charge in [0, 0.05) is 4.91 Å². The van der Waals surface area contributed by atoms with Crippen LogP contribution >= 0.6 is 0 Å². The largest absolute Gasteiger partial charge is 0.469 e. The first-order valence-electron chi connectivity index (χ1n) is 7.37. The van der Waals surface area contributed by atoms with Gasteiger partial charge < -0.3 is 4.74 Å². The van der Waals surface area contributed by atoms with E-state index < -0.39 is 9.84 Å². The van der Waals surface area contributed by atoms with Crippen molar-refractivity contribution in [2.45, 2.75) is 32.1 Å². The fraction of sp³-hybridized carbons (Fsp3) is 0.471. The molecular weight excluding hydrogens is 300 g/mol.